The summed E-state index contributed by atoms with van der Waals surface area (Å²) >= 11 is 0. The second kappa shape index (κ2) is 6.26. The fraction of sp³-hybridized carbons (Fsp3) is 0.714. The summed E-state index contributed by atoms with van der Waals surface area (Å²) in [7, 11) is 2.05. The number of aromatic nitrogens is 2. The van der Waals surface area contributed by atoms with Gasteiger partial charge in [0, 0.05) is 19.1 Å². The van der Waals surface area contributed by atoms with Crippen LogP contribution in [-0.2, 0) is 13.0 Å². The molecule has 0 amide bonds. The molecule has 1 heterocycles. The first-order chi connectivity index (χ1) is 9.54. The first-order valence-corrected chi connectivity index (χ1v) is 7.29. The van der Waals surface area contributed by atoms with Gasteiger partial charge in [-0.15, -0.1) is 0 Å². The Hall–Kier alpha value is -1.56. The van der Waals surface area contributed by atoms with E-state index in [1.807, 2.05) is 7.05 Å². The van der Waals surface area contributed by atoms with Crippen molar-refractivity contribution in [1.29, 1.82) is 0 Å². The lowest BCUT2D eigenvalue weighted by Gasteiger charge is -2.24. The molecule has 1 saturated carbocycles. The van der Waals surface area contributed by atoms with Gasteiger partial charge >= 0.3 is 5.69 Å². The van der Waals surface area contributed by atoms with Crippen molar-refractivity contribution in [3.05, 3.63) is 26.4 Å². The fourth-order valence-corrected chi connectivity index (χ4v) is 2.91. The topological polar surface area (TPSA) is 78.3 Å². The number of rotatable bonds is 5. The number of nitrogens with one attached hydrogen (secondary N) is 1. The van der Waals surface area contributed by atoms with Crippen molar-refractivity contribution in [1.82, 2.24) is 14.5 Å². The Morgan fingerprint density at radius 2 is 2.00 bits per heavy atom. The van der Waals surface area contributed by atoms with Gasteiger partial charge in [0.15, 0.2) is 0 Å². The number of nitrogens with zero attached hydrogens (tertiary/aromatic N) is 2. The molecule has 0 radical (unpaired) electrons. The van der Waals surface area contributed by atoms with Crippen molar-refractivity contribution in [2.75, 3.05) is 13.6 Å². The summed E-state index contributed by atoms with van der Waals surface area (Å²) < 4.78 is 1.26. The maximum Gasteiger partial charge on any atom is 0.331 e. The monoisotopic (exact) mass is 281 g/mol. The zero-order chi connectivity index (χ0) is 14.7. The molecule has 2 N–H and O–H groups in total. The van der Waals surface area contributed by atoms with E-state index in [9.17, 15) is 14.7 Å². The Morgan fingerprint density at radius 3 is 2.60 bits per heavy atom. The van der Waals surface area contributed by atoms with Gasteiger partial charge < -0.3 is 10.0 Å². The van der Waals surface area contributed by atoms with Crippen LogP contribution < -0.4 is 11.2 Å². The zero-order valence-corrected chi connectivity index (χ0v) is 12.2. The van der Waals surface area contributed by atoms with Gasteiger partial charge in [-0.2, -0.15) is 0 Å². The third-order valence-corrected chi connectivity index (χ3v) is 4.24. The highest BCUT2D eigenvalue weighted by Crippen LogP contribution is 2.22. The summed E-state index contributed by atoms with van der Waals surface area (Å²) in [5, 5.41) is 10.1. The standard InChI is InChI=1S/C14H23N3O3/c1-3-11-12(18)15-14(20)17(13(11)19)9-8-16(2)10-6-4-5-7-10/h10,19H,3-9H2,1-2H3,(H,15,18,20). The van der Waals surface area contributed by atoms with E-state index >= 15 is 0 Å². The zero-order valence-electron chi connectivity index (χ0n) is 12.2. The third-order valence-electron chi connectivity index (χ3n) is 4.24. The van der Waals surface area contributed by atoms with Crippen LogP contribution in [0, 0.1) is 0 Å². The molecule has 6 heteroatoms. The number of hydrogen-bond donors (Lipinski definition) is 2. The molecule has 0 aliphatic heterocycles. The molecule has 2 rings (SSSR count). The van der Waals surface area contributed by atoms with E-state index in [2.05, 4.69) is 9.88 Å². The fourth-order valence-electron chi connectivity index (χ4n) is 2.91. The molecule has 20 heavy (non-hydrogen) atoms. The quantitative estimate of drug-likeness (QED) is 0.832. The number of aromatic hydroxyl groups is 1. The molecule has 0 bridgehead atoms. The predicted octanol–water partition coefficient (Wildman–Crippen LogP) is 0.679. The molecule has 1 aromatic rings. The minimum Gasteiger partial charge on any atom is -0.494 e. The first-order valence-electron chi connectivity index (χ1n) is 7.29. The van der Waals surface area contributed by atoms with E-state index in [4.69, 9.17) is 0 Å². The van der Waals surface area contributed by atoms with Crippen LogP contribution in [0.4, 0.5) is 0 Å². The highest BCUT2D eigenvalue weighted by Gasteiger charge is 2.20. The van der Waals surface area contributed by atoms with Crippen LogP contribution in [0.3, 0.4) is 0 Å². The van der Waals surface area contributed by atoms with Crippen molar-refractivity contribution in [2.24, 2.45) is 0 Å². The Labute approximate surface area is 118 Å². The van der Waals surface area contributed by atoms with Gasteiger partial charge in [0.05, 0.1) is 5.56 Å². The molecule has 1 aromatic heterocycles. The normalized spacial score (nSPS) is 16.1. The molecule has 0 spiro atoms. The van der Waals surface area contributed by atoms with E-state index in [0.29, 0.717) is 25.6 Å². The van der Waals surface area contributed by atoms with Crippen LogP contribution >= 0.6 is 0 Å². The van der Waals surface area contributed by atoms with Crippen molar-refractivity contribution in [3.8, 4) is 5.88 Å². The summed E-state index contributed by atoms with van der Waals surface area (Å²) in [4.78, 5) is 27.8. The van der Waals surface area contributed by atoms with Gasteiger partial charge in [0.25, 0.3) is 5.56 Å². The minimum atomic E-state index is -0.537. The smallest absolute Gasteiger partial charge is 0.331 e. The van der Waals surface area contributed by atoms with Crippen molar-refractivity contribution < 1.29 is 5.11 Å². The maximum atomic E-state index is 11.8. The molecule has 0 atom stereocenters. The molecule has 1 aliphatic rings. The van der Waals surface area contributed by atoms with Gasteiger partial charge in [0.1, 0.15) is 0 Å². The highest BCUT2D eigenvalue weighted by molar-refractivity contribution is 5.22. The first kappa shape index (κ1) is 14.8. The molecular weight excluding hydrogens is 258 g/mol. The number of hydrogen-bond acceptors (Lipinski definition) is 4. The predicted molar refractivity (Wildman–Crippen MR) is 77.3 cm³/mol. The second-order valence-corrected chi connectivity index (χ2v) is 5.49. The summed E-state index contributed by atoms with van der Waals surface area (Å²) in [5.74, 6) is -0.193. The molecule has 0 aromatic carbocycles. The number of aromatic amines is 1. The van der Waals surface area contributed by atoms with E-state index in [0.717, 1.165) is 0 Å². The lowest BCUT2D eigenvalue weighted by atomic mass is 10.2. The number of likely N-dealkylation sites (N-methyl/N-ethyl adjacent to an activating group) is 1. The van der Waals surface area contributed by atoms with Crippen LogP contribution in [0.25, 0.3) is 0 Å². The SMILES string of the molecule is CCc1c(O)n(CCN(C)C2CCCC2)c(=O)[nH]c1=O. The average molecular weight is 281 g/mol. The summed E-state index contributed by atoms with van der Waals surface area (Å²) in [6, 6.07) is 0.571. The minimum absolute atomic E-state index is 0.193. The van der Waals surface area contributed by atoms with Crippen LogP contribution in [0.2, 0.25) is 0 Å². The average Bonchev–Trinajstić information content (AvgIpc) is 2.92. The van der Waals surface area contributed by atoms with Gasteiger partial charge in [-0.25, -0.2) is 4.79 Å². The second-order valence-electron chi connectivity index (χ2n) is 5.49. The Morgan fingerprint density at radius 1 is 1.35 bits per heavy atom. The Kier molecular flexibility index (Phi) is 4.65. The summed E-state index contributed by atoms with van der Waals surface area (Å²) in [5.41, 5.74) is -0.756. The molecule has 112 valence electrons. The number of H-pyrrole nitrogens is 1. The molecule has 0 unspecified atom stereocenters. The van der Waals surface area contributed by atoms with Gasteiger partial charge in [-0.1, -0.05) is 19.8 Å². The molecular formula is C14H23N3O3. The van der Waals surface area contributed by atoms with E-state index in [-0.39, 0.29) is 11.4 Å². The van der Waals surface area contributed by atoms with Gasteiger partial charge in [0.2, 0.25) is 5.88 Å². The lowest BCUT2D eigenvalue weighted by Crippen LogP contribution is -2.37. The molecule has 0 saturated heterocycles. The summed E-state index contributed by atoms with van der Waals surface area (Å²) in [6.07, 6.45) is 5.32. The molecule has 6 nitrogen and oxygen atoms in total. The Bertz CT molecular complexity index is 570. The maximum absolute atomic E-state index is 11.8. The van der Waals surface area contributed by atoms with Crippen LogP contribution in [-0.4, -0.2) is 39.2 Å². The van der Waals surface area contributed by atoms with Crippen LogP contribution in [0.1, 0.15) is 38.2 Å². The van der Waals surface area contributed by atoms with Crippen molar-refractivity contribution in [2.45, 2.75) is 51.6 Å². The van der Waals surface area contributed by atoms with E-state index in [1.165, 1.54) is 30.3 Å². The van der Waals surface area contributed by atoms with E-state index in [1.54, 1.807) is 6.92 Å². The van der Waals surface area contributed by atoms with Crippen molar-refractivity contribution in [3.63, 3.8) is 0 Å². The third kappa shape index (κ3) is 2.95. The largest absolute Gasteiger partial charge is 0.494 e. The highest BCUT2D eigenvalue weighted by atomic mass is 16.3. The van der Waals surface area contributed by atoms with Crippen LogP contribution in [0.15, 0.2) is 9.59 Å². The van der Waals surface area contributed by atoms with Crippen molar-refractivity contribution >= 4 is 0 Å². The summed E-state index contributed by atoms with van der Waals surface area (Å²) in [6.45, 7) is 2.86. The lowest BCUT2D eigenvalue weighted by molar-refractivity contribution is 0.230. The van der Waals surface area contributed by atoms with E-state index < -0.39 is 11.2 Å². The molecule has 1 aliphatic carbocycles. The van der Waals surface area contributed by atoms with Gasteiger partial charge in [-0.05, 0) is 26.3 Å². The van der Waals surface area contributed by atoms with Gasteiger partial charge in [-0.3, -0.25) is 14.3 Å². The Balaban J connectivity index is 2.13. The molecule has 1 fully saturated rings. The van der Waals surface area contributed by atoms with Crippen LogP contribution in [0.5, 0.6) is 5.88 Å².